The second kappa shape index (κ2) is 6.16. The highest BCUT2D eigenvalue weighted by atomic mass is 16.5. The Morgan fingerprint density at radius 2 is 2.00 bits per heavy atom. The SMILES string of the molecule is O=C1CCc2ccc(OCC(=O)N3CCCCC3)cc2N1. The first-order valence-electron chi connectivity index (χ1n) is 7.56. The lowest BCUT2D eigenvalue weighted by Gasteiger charge is -2.26. The second-order valence-electron chi connectivity index (χ2n) is 5.60. The summed E-state index contributed by atoms with van der Waals surface area (Å²) in [6.45, 7) is 1.73. The van der Waals surface area contributed by atoms with E-state index in [4.69, 9.17) is 4.74 Å². The number of ether oxygens (including phenoxy) is 1. The average molecular weight is 288 g/mol. The molecule has 2 amide bonds. The Morgan fingerprint density at radius 1 is 1.19 bits per heavy atom. The number of carbonyl (C=O) groups excluding carboxylic acids is 2. The Labute approximate surface area is 124 Å². The minimum atomic E-state index is 0.0315. The van der Waals surface area contributed by atoms with Crippen molar-refractivity contribution in [2.45, 2.75) is 32.1 Å². The molecule has 2 heterocycles. The minimum absolute atomic E-state index is 0.0315. The number of hydrogen-bond donors (Lipinski definition) is 1. The van der Waals surface area contributed by atoms with Crippen molar-refractivity contribution in [3.05, 3.63) is 23.8 Å². The number of aryl methyl sites for hydroxylation is 1. The number of nitrogens with one attached hydrogen (secondary N) is 1. The van der Waals surface area contributed by atoms with E-state index in [1.54, 1.807) is 6.07 Å². The van der Waals surface area contributed by atoms with E-state index in [1.165, 1.54) is 6.42 Å². The number of benzene rings is 1. The molecule has 0 aromatic heterocycles. The van der Waals surface area contributed by atoms with Gasteiger partial charge in [0.15, 0.2) is 6.61 Å². The normalized spacial score (nSPS) is 17.9. The lowest BCUT2D eigenvalue weighted by molar-refractivity contribution is -0.134. The van der Waals surface area contributed by atoms with Gasteiger partial charge in [0.2, 0.25) is 5.91 Å². The highest BCUT2D eigenvalue weighted by Crippen LogP contribution is 2.27. The van der Waals surface area contributed by atoms with Crippen LogP contribution in [0.25, 0.3) is 0 Å². The molecule has 2 aliphatic rings. The van der Waals surface area contributed by atoms with Crippen LogP contribution in [0.2, 0.25) is 0 Å². The topological polar surface area (TPSA) is 58.6 Å². The van der Waals surface area contributed by atoms with Crippen molar-refractivity contribution in [3.8, 4) is 5.75 Å². The first-order valence-corrected chi connectivity index (χ1v) is 7.56. The molecule has 0 unspecified atom stereocenters. The van der Waals surface area contributed by atoms with Crippen LogP contribution >= 0.6 is 0 Å². The van der Waals surface area contributed by atoms with Crippen molar-refractivity contribution in [3.63, 3.8) is 0 Å². The summed E-state index contributed by atoms with van der Waals surface area (Å²) in [5.41, 5.74) is 1.92. The van der Waals surface area contributed by atoms with Crippen LogP contribution in [0.3, 0.4) is 0 Å². The van der Waals surface area contributed by atoms with Crippen molar-refractivity contribution < 1.29 is 14.3 Å². The molecule has 0 bridgehead atoms. The van der Waals surface area contributed by atoms with Crippen molar-refractivity contribution in [2.24, 2.45) is 0 Å². The van der Waals surface area contributed by atoms with Gasteiger partial charge in [-0.05, 0) is 37.3 Å². The highest BCUT2D eigenvalue weighted by molar-refractivity contribution is 5.94. The Bertz CT molecular complexity index is 550. The number of piperidine rings is 1. The Kier molecular flexibility index (Phi) is 4.08. The van der Waals surface area contributed by atoms with Crippen LogP contribution in [0, 0.1) is 0 Å². The van der Waals surface area contributed by atoms with Gasteiger partial charge in [0.1, 0.15) is 5.75 Å². The lowest BCUT2D eigenvalue weighted by atomic mass is 10.0. The number of rotatable bonds is 3. The Hall–Kier alpha value is -2.04. The summed E-state index contributed by atoms with van der Waals surface area (Å²) >= 11 is 0. The monoisotopic (exact) mass is 288 g/mol. The van der Waals surface area contributed by atoms with Crippen LogP contribution in [0.4, 0.5) is 5.69 Å². The second-order valence-corrected chi connectivity index (χ2v) is 5.60. The van der Waals surface area contributed by atoms with Gasteiger partial charge in [0.25, 0.3) is 5.91 Å². The minimum Gasteiger partial charge on any atom is -0.484 e. The van der Waals surface area contributed by atoms with Gasteiger partial charge in [-0.1, -0.05) is 6.07 Å². The van der Waals surface area contributed by atoms with Crippen LogP contribution in [0.1, 0.15) is 31.2 Å². The molecule has 21 heavy (non-hydrogen) atoms. The molecule has 2 aliphatic heterocycles. The first-order chi connectivity index (χ1) is 10.2. The molecule has 112 valence electrons. The quantitative estimate of drug-likeness (QED) is 0.925. The predicted molar refractivity (Wildman–Crippen MR) is 79.3 cm³/mol. The van der Waals surface area contributed by atoms with Crippen LogP contribution < -0.4 is 10.1 Å². The molecule has 1 saturated heterocycles. The van der Waals surface area contributed by atoms with Crippen LogP contribution in [-0.2, 0) is 16.0 Å². The predicted octanol–water partition coefficient (Wildman–Crippen LogP) is 1.96. The van der Waals surface area contributed by atoms with E-state index in [9.17, 15) is 9.59 Å². The largest absolute Gasteiger partial charge is 0.484 e. The summed E-state index contributed by atoms with van der Waals surface area (Å²) in [5.74, 6) is 0.696. The van der Waals surface area contributed by atoms with E-state index < -0.39 is 0 Å². The van der Waals surface area contributed by atoms with Gasteiger partial charge < -0.3 is 15.0 Å². The zero-order valence-electron chi connectivity index (χ0n) is 12.1. The molecule has 0 saturated carbocycles. The molecule has 5 nitrogen and oxygen atoms in total. The van der Waals surface area contributed by atoms with Gasteiger partial charge in [0, 0.05) is 31.3 Å². The fraction of sp³-hybridized carbons (Fsp3) is 0.500. The maximum Gasteiger partial charge on any atom is 0.260 e. The summed E-state index contributed by atoms with van der Waals surface area (Å²) in [7, 11) is 0. The summed E-state index contributed by atoms with van der Waals surface area (Å²) < 4.78 is 5.58. The molecular formula is C16H20N2O3. The third-order valence-electron chi connectivity index (χ3n) is 4.05. The average Bonchev–Trinajstić information content (AvgIpc) is 2.53. The number of amides is 2. The van der Waals surface area contributed by atoms with Gasteiger partial charge in [-0.15, -0.1) is 0 Å². The van der Waals surface area contributed by atoms with E-state index in [0.29, 0.717) is 12.2 Å². The maximum absolute atomic E-state index is 12.0. The molecule has 3 rings (SSSR count). The van der Waals surface area contributed by atoms with Gasteiger partial charge in [0.05, 0.1) is 0 Å². The van der Waals surface area contributed by atoms with Crippen molar-refractivity contribution in [1.29, 1.82) is 0 Å². The molecule has 0 radical (unpaired) electrons. The van der Waals surface area contributed by atoms with Gasteiger partial charge in [-0.25, -0.2) is 0 Å². The van der Waals surface area contributed by atoms with Gasteiger partial charge in [-0.3, -0.25) is 9.59 Å². The molecular weight excluding hydrogens is 268 g/mol. The van der Waals surface area contributed by atoms with Crippen molar-refractivity contribution in [1.82, 2.24) is 4.90 Å². The van der Waals surface area contributed by atoms with Crippen LogP contribution in [0.15, 0.2) is 18.2 Å². The summed E-state index contributed by atoms with van der Waals surface area (Å²) in [5, 5.41) is 2.84. The number of fused-ring (bicyclic) bond motifs is 1. The number of likely N-dealkylation sites (tertiary alicyclic amines) is 1. The van der Waals surface area contributed by atoms with E-state index in [1.807, 2.05) is 17.0 Å². The fourth-order valence-corrected chi connectivity index (χ4v) is 2.82. The van der Waals surface area contributed by atoms with Crippen LogP contribution in [-0.4, -0.2) is 36.4 Å². The molecule has 5 heteroatoms. The summed E-state index contributed by atoms with van der Waals surface area (Å²) in [6, 6.07) is 5.62. The molecule has 1 aromatic rings. The molecule has 0 spiro atoms. The summed E-state index contributed by atoms with van der Waals surface area (Å²) in [4.78, 5) is 25.3. The molecule has 1 fully saturated rings. The number of carbonyl (C=O) groups is 2. The number of anilines is 1. The molecule has 0 atom stereocenters. The maximum atomic E-state index is 12.0. The van der Waals surface area contributed by atoms with E-state index in [2.05, 4.69) is 5.32 Å². The molecule has 1 N–H and O–H groups in total. The van der Waals surface area contributed by atoms with E-state index >= 15 is 0 Å². The fourth-order valence-electron chi connectivity index (χ4n) is 2.82. The number of hydrogen-bond acceptors (Lipinski definition) is 3. The van der Waals surface area contributed by atoms with Crippen molar-refractivity contribution >= 4 is 17.5 Å². The van der Waals surface area contributed by atoms with Gasteiger partial charge in [-0.2, -0.15) is 0 Å². The molecule has 1 aromatic carbocycles. The standard InChI is InChI=1S/C16H20N2O3/c19-15-7-5-12-4-6-13(10-14(12)17-15)21-11-16(20)18-8-2-1-3-9-18/h4,6,10H,1-3,5,7-9,11H2,(H,17,19). The highest BCUT2D eigenvalue weighted by Gasteiger charge is 2.18. The zero-order valence-corrected chi connectivity index (χ0v) is 12.1. The van der Waals surface area contributed by atoms with Gasteiger partial charge >= 0.3 is 0 Å². The summed E-state index contributed by atoms with van der Waals surface area (Å²) in [6.07, 6.45) is 4.65. The Morgan fingerprint density at radius 3 is 2.81 bits per heavy atom. The first kappa shape index (κ1) is 13.9. The third-order valence-corrected chi connectivity index (χ3v) is 4.05. The van der Waals surface area contributed by atoms with Crippen molar-refractivity contribution in [2.75, 3.05) is 25.0 Å². The van der Waals surface area contributed by atoms with Crippen LogP contribution in [0.5, 0.6) is 5.75 Å². The lowest BCUT2D eigenvalue weighted by Crippen LogP contribution is -2.38. The third kappa shape index (κ3) is 3.35. The smallest absolute Gasteiger partial charge is 0.260 e. The zero-order chi connectivity index (χ0) is 14.7. The molecule has 0 aliphatic carbocycles. The van der Waals surface area contributed by atoms with E-state index in [0.717, 1.165) is 43.6 Å². The van der Waals surface area contributed by atoms with E-state index in [-0.39, 0.29) is 18.4 Å². The Balaban J connectivity index is 1.59. The number of nitrogens with zero attached hydrogens (tertiary/aromatic N) is 1.